The molecular weight excluding hydrogens is 296 g/mol. The van der Waals surface area contributed by atoms with E-state index in [2.05, 4.69) is 10.3 Å². The number of pyridine rings is 1. The molecule has 0 spiro atoms. The van der Waals surface area contributed by atoms with E-state index in [1.54, 1.807) is 0 Å². The topological polar surface area (TPSA) is 24.9 Å². The molecule has 0 amide bonds. The molecule has 1 heterocycles. The molecule has 1 aromatic heterocycles. The Kier molecular flexibility index (Phi) is 4.04. The van der Waals surface area contributed by atoms with Crippen LogP contribution in [0.3, 0.4) is 0 Å². The molecule has 1 aromatic carbocycles. The van der Waals surface area contributed by atoms with E-state index < -0.39 is 17.7 Å². The molecule has 2 nitrogen and oxygen atoms in total. The van der Waals surface area contributed by atoms with Crippen LogP contribution in [0.5, 0.6) is 0 Å². The van der Waals surface area contributed by atoms with E-state index in [-0.39, 0.29) is 21.6 Å². The number of halogens is 5. The van der Waals surface area contributed by atoms with Crippen LogP contribution >= 0.6 is 11.6 Å². The summed E-state index contributed by atoms with van der Waals surface area (Å²) >= 11 is 5.91. The Labute approximate surface area is 117 Å². The molecule has 0 saturated heterocycles. The smallest absolute Gasteiger partial charge is 0.384 e. The van der Waals surface area contributed by atoms with Gasteiger partial charge in [0.1, 0.15) is 11.5 Å². The summed E-state index contributed by atoms with van der Waals surface area (Å²) < 4.78 is 51.7. The standard InChI is InChI=1S/C13H11ClF4N2/c1-2-3-19-9-6-11(13(16,17)18)20-10-5-7(15)4-8(14)12(9)10/h4-6H,2-3H2,1H3,(H,19,20). The van der Waals surface area contributed by atoms with Crippen molar-refractivity contribution in [3.05, 3.63) is 34.7 Å². The normalized spacial score (nSPS) is 11.9. The Hall–Kier alpha value is -1.56. The van der Waals surface area contributed by atoms with Crippen LogP contribution in [-0.4, -0.2) is 11.5 Å². The minimum absolute atomic E-state index is 0.0276. The highest BCUT2D eigenvalue weighted by Crippen LogP contribution is 2.36. The monoisotopic (exact) mass is 306 g/mol. The van der Waals surface area contributed by atoms with E-state index in [9.17, 15) is 17.6 Å². The second kappa shape index (κ2) is 5.44. The number of nitrogens with one attached hydrogen (secondary N) is 1. The molecule has 0 radical (unpaired) electrons. The molecule has 0 saturated carbocycles. The van der Waals surface area contributed by atoms with Gasteiger partial charge in [0.25, 0.3) is 0 Å². The number of aromatic nitrogens is 1. The molecule has 20 heavy (non-hydrogen) atoms. The predicted octanol–water partition coefficient (Wildman–Crippen LogP) is 4.87. The average Bonchev–Trinajstić information content (AvgIpc) is 2.33. The van der Waals surface area contributed by atoms with Gasteiger partial charge in [0, 0.05) is 23.7 Å². The third-order valence-corrected chi connectivity index (χ3v) is 2.98. The van der Waals surface area contributed by atoms with Crippen LogP contribution < -0.4 is 5.32 Å². The number of alkyl halides is 3. The summed E-state index contributed by atoms with van der Waals surface area (Å²) in [4.78, 5) is 3.45. The van der Waals surface area contributed by atoms with Crippen molar-refractivity contribution in [1.82, 2.24) is 4.98 Å². The molecule has 2 aromatic rings. The van der Waals surface area contributed by atoms with Gasteiger partial charge in [-0.1, -0.05) is 18.5 Å². The SMILES string of the molecule is CCCNc1cc(C(F)(F)F)nc2cc(F)cc(Cl)c12. The second-order valence-electron chi connectivity index (χ2n) is 4.26. The zero-order chi connectivity index (χ0) is 14.9. The van der Waals surface area contributed by atoms with Gasteiger partial charge < -0.3 is 5.32 Å². The minimum Gasteiger partial charge on any atom is -0.384 e. The van der Waals surface area contributed by atoms with E-state index >= 15 is 0 Å². The summed E-state index contributed by atoms with van der Waals surface area (Å²) in [5.41, 5.74) is -0.997. The number of rotatable bonds is 3. The highest BCUT2D eigenvalue weighted by atomic mass is 35.5. The van der Waals surface area contributed by atoms with E-state index in [4.69, 9.17) is 11.6 Å². The number of nitrogens with zero attached hydrogens (tertiary/aromatic N) is 1. The van der Waals surface area contributed by atoms with Crippen molar-refractivity contribution < 1.29 is 17.6 Å². The van der Waals surface area contributed by atoms with Gasteiger partial charge in [-0.2, -0.15) is 13.2 Å². The average molecular weight is 307 g/mol. The van der Waals surface area contributed by atoms with Crippen LogP contribution in [0.1, 0.15) is 19.0 Å². The molecule has 2 rings (SSSR count). The summed E-state index contributed by atoms with van der Waals surface area (Å²) in [6.45, 7) is 2.35. The Balaban J connectivity index is 2.71. The van der Waals surface area contributed by atoms with Gasteiger partial charge in [-0.05, 0) is 18.6 Å². The Morgan fingerprint density at radius 1 is 1.25 bits per heavy atom. The Morgan fingerprint density at radius 2 is 1.95 bits per heavy atom. The number of fused-ring (bicyclic) bond motifs is 1. The van der Waals surface area contributed by atoms with E-state index in [0.29, 0.717) is 6.54 Å². The molecule has 0 unspecified atom stereocenters. The first-order chi connectivity index (χ1) is 9.32. The van der Waals surface area contributed by atoms with Gasteiger partial charge in [-0.15, -0.1) is 0 Å². The third-order valence-electron chi connectivity index (χ3n) is 2.68. The van der Waals surface area contributed by atoms with E-state index in [1.807, 2.05) is 6.92 Å². The lowest BCUT2D eigenvalue weighted by Crippen LogP contribution is -2.10. The molecular formula is C13H11ClF4N2. The van der Waals surface area contributed by atoms with Crippen molar-refractivity contribution in [3.63, 3.8) is 0 Å². The summed E-state index contributed by atoms with van der Waals surface area (Å²) in [5, 5.41) is 3.18. The maximum absolute atomic E-state index is 13.3. The second-order valence-corrected chi connectivity index (χ2v) is 4.67. The highest BCUT2D eigenvalue weighted by molar-refractivity contribution is 6.36. The fraction of sp³-hybridized carbons (Fsp3) is 0.308. The summed E-state index contributed by atoms with van der Waals surface area (Å²) in [5.74, 6) is -0.726. The van der Waals surface area contributed by atoms with Crippen LogP contribution in [0.2, 0.25) is 5.02 Å². The molecule has 1 N–H and O–H groups in total. The first-order valence-electron chi connectivity index (χ1n) is 5.93. The first kappa shape index (κ1) is 14.8. The zero-order valence-electron chi connectivity index (χ0n) is 10.5. The molecule has 0 bridgehead atoms. The Bertz CT molecular complexity index is 640. The zero-order valence-corrected chi connectivity index (χ0v) is 11.2. The Morgan fingerprint density at radius 3 is 2.55 bits per heavy atom. The summed E-state index contributed by atoms with van der Waals surface area (Å²) in [6, 6.07) is 2.88. The van der Waals surface area contributed by atoms with E-state index in [0.717, 1.165) is 24.6 Å². The number of hydrogen-bond donors (Lipinski definition) is 1. The number of hydrogen-bond acceptors (Lipinski definition) is 2. The molecule has 7 heteroatoms. The largest absolute Gasteiger partial charge is 0.433 e. The summed E-state index contributed by atoms with van der Waals surface area (Å²) in [7, 11) is 0. The molecule has 0 aliphatic heterocycles. The van der Waals surface area contributed by atoms with Gasteiger partial charge in [0.15, 0.2) is 0 Å². The fourth-order valence-corrected chi connectivity index (χ4v) is 2.13. The predicted molar refractivity (Wildman–Crippen MR) is 70.5 cm³/mol. The van der Waals surface area contributed by atoms with Crippen LogP contribution in [0.25, 0.3) is 10.9 Å². The molecule has 0 aliphatic carbocycles. The maximum atomic E-state index is 13.3. The van der Waals surface area contributed by atoms with E-state index in [1.165, 1.54) is 0 Å². The molecule has 108 valence electrons. The summed E-state index contributed by atoms with van der Waals surface area (Å²) in [6.07, 6.45) is -3.88. The molecule has 0 fully saturated rings. The minimum atomic E-state index is -4.60. The lowest BCUT2D eigenvalue weighted by molar-refractivity contribution is -0.140. The highest BCUT2D eigenvalue weighted by Gasteiger charge is 2.33. The van der Waals surface area contributed by atoms with Gasteiger partial charge in [0.2, 0.25) is 0 Å². The van der Waals surface area contributed by atoms with Crippen molar-refractivity contribution in [3.8, 4) is 0 Å². The first-order valence-corrected chi connectivity index (χ1v) is 6.31. The number of benzene rings is 1. The van der Waals surface area contributed by atoms with Gasteiger partial charge in [-0.25, -0.2) is 9.37 Å². The lowest BCUT2D eigenvalue weighted by Gasteiger charge is -2.14. The molecule has 0 atom stereocenters. The maximum Gasteiger partial charge on any atom is 0.433 e. The van der Waals surface area contributed by atoms with Gasteiger partial charge >= 0.3 is 6.18 Å². The lowest BCUT2D eigenvalue weighted by atomic mass is 10.1. The van der Waals surface area contributed by atoms with Crippen LogP contribution in [0.15, 0.2) is 18.2 Å². The van der Waals surface area contributed by atoms with Crippen molar-refractivity contribution in [2.75, 3.05) is 11.9 Å². The van der Waals surface area contributed by atoms with Crippen molar-refractivity contribution in [2.45, 2.75) is 19.5 Å². The van der Waals surface area contributed by atoms with Crippen molar-refractivity contribution in [2.24, 2.45) is 0 Å². The van der Waals surface area contributed by atoms with Gasteiger partial charge in [-0.3, -0.25) is 0 Å². The van der Waals surface area contributed by atoms with Crippen molar-refractivity contribution in [1.29, 1.82) is 0 Å². The van der Waals surface area contributed by atoms with Crippen LogP contribution in [0.4, 0.5) is 23.2 Å². The molecule has 0 aliphatic rings. The van der Waals surface area contributed by atoms with Crippen molar-refractivity contribution >= 4 is 28.2 Å². The van der Waals surface area contributed by atoms with Crippen LogP contribution in [0, 0.1) is 5.82 Å². The number of anilines is 1. The van der Waals surface area contributed by atoms with Gasteiger partial charge in [0.05, 0.1) is 10.5 Å². The van der Waals surface area contributed by atoms with Crippen LogP contribution in [-0.2, 0) is 6.18 Å². The quantitative estimate of drug-likeness (QED) is 0.818. The third kappa shape index (κ3) is 2.95. The fourth-order valence-electron chi connectivity index (χ4n) is 1.83.